The van der Waals surface area contributed by atoms with Gasteiger partial charge in [0.15, 0.2) is 0 Å². The van der Waals surface area contributed by atoms with Gasteiger partial charge in [-0.05, 0) is 37.5 Å². The van der Waals surface area contributed by atoms with Crippen LogP contribution in [0.3, 0.4) is 0 Å². The van der Waals surface area contributed by atoms with E-state index in [9.17, 15) is 8.42 Å². The molecule has 6 nitrogen and oxygen atoms in total. The van der Waals surface area contributed by atoms with Gasteiger partial charge in [-0.2, -0.15) is 0 Å². The molecule has 2 aliphatic rings. The summed E-state index contributed by atoms with van der Waals surface area (Å²) in [6.07, 6.45) is 3.60. The molecule has 1 atom stereocenters. The number of nitrogens with one attached hydrogen (secondary N) is 1. The Morgan fingerprint density at radius 1 is 1.25 bits per heavy atom. The predicted octanol–water partition coefficient (Wildman–Crippen LogP) is 0.565. The maximum absolute atomic E-state index is 11.6. The minimum atomic E-state index is -3.77. The number of hydrogen-bond acceptors (Lipinski definition) is 5. The molecule has 2 fully saturated rings. The smallest absolute Gasteiger partial charge is 0.240 e. The number of hydrogen-bond donors (Lipinski definition) is 3. The highest BCUT2D eigenvalue weighted by atomic mass is 32.2. The van der Waals surface area contributed by atoms with Gasteiger partial charge in [0.2, 0.25) is 10.0 Å². The Bertz CT molecular complexity index is 613. The van der Waals surface area contributed by atoms with Crippen LogP contribution in [0.5, 0.6) is 0 Å². The van der Waals surface area contributed by atoms with Gasteiger partial charge in [-0.3, -0.25) is 4.90 Å². The highest BCUT2D eigenvalue weighted by molar-refractivity contribution is 7.89. The largest absolute Gasteiger partial charge is 0.399 e. The van der Waals surface area contributed by atoms with Crippen molar-refractivity contribution in [2.45, 2.75) is 36.2 Å². The zero-order chi connectivity index (χ0) is 14.3. The summed E-state index contributed by atoms with van der Waals surface area (Å²) in [6.45, 7) is 2.03. The third-order valence-corrected chi connectivity index (χ3v) is 4.91. The highest BCUT2D eigenvalue weighted by Crippen LogP contribution is 2.31. The summed E-state index contributed by atoms with van der Waals surface area (Å²) in [5, 5.41) is 8.55. The van der Waals surface area contributed by atoms with Crippen LogP contribution in [0.25, 0.3) is 0 Å². The topological polar surface area (TPSA) is 101 Å². The maximum Gasteiger partial charge on any atom is 0.240 e. The molecule has 1 aromatic rings. The highest BCUT2D eigenvalue weighted by Gasteiger charge is 2.34. The number of primary sulfonamides is 1. The summed E-state index contributed by atoms with van der Waals surface area (Å²) in [7, 11) is -3.77. The molecule has 110 valence electrons. The zero-order valence-electron chi connectivity index (χ0n) is 11.2. The average Bonchev–Trinajstić information content (AvgIpc) is 3.11. The van der Waals surface area contributed by atoms with Gasteiger partial charge in [-0.1, -0.05) is 0 Å². The number of anilines is 2. The first-order valence-corrected chi connectivity index (χ1v) is 8.41. The summed E-state index contributed by atoms with van der Waals surface area (Å²) < 4.78 is 23.3. The van der Waals surface area contributed by atoms with E-state index in [1.807, 2.05) is 0 Å². The minimum absolute atomic E-state index is 0.0716. The van der Waals surface area contributed by atoms with Gasteiger partial charge >= 0.3 is 0 Å². The maximum atomic E-state index is 11.6. The van der Waals surface area contributed by atoms with Gasteiger partial charge in [0.25, 0.3) is 0 Å². The molecule has 20 heavy (non-hydrogen) atoms. The van der Waals surface area contributed by atoms with Crippen LogP contribution < -0.4 is 16.2 Å². The lowest BCUT2D eigenvalue weighted by Gasteiger charge is -2.18. The third kappa shape index (κ3) is 2.89. The van der Waals surface area contributed by atoms with Gasteiger partial charge in [0.1, 0.15) is 4.90 Å². The van der Waals surface area contributed by atoms with Crippen LogP contribution in [0.4, 0.5) is 11.4 Å². The second kappa shape index (κ2) is 4.91. The third-order valence-electron chi connectivity index (χ3n) is 3.95. The first kappa shape index (κ1) is 13.7. The molecule has 5 N–H and O–H groups in total. The van der Waals surface area contributed by atoms with Crippen molar-refractivity contribution in [3.05, 3.63) is 18.2 Å². The van der Waals surface area contributed by atoms with E-state index in [4.69, 9.17) is 10.9 Å². The monoisotopic (exact) mass is 296 g/mol. The lowest BCUT2D eigenvalue weighted by atomic mass is 10.2. The normalized spacial score (nSPS) is 23.9. The van der Waals surface area contributed by atoms with Crippen LogP contribution in [-0.4, -0.2) is 38.5 Å². The van der Waals surface area contributed by atoms with Crippen molar-refractivity contribution in [2.24, 2.45) is 5.14 Å². The second-order valence-corrected chi connectivity index (χ2v) is 7.19. The Balaban J connectivity index is 1.77. The molecule has 7 heteroatoms. The van der Waals surface area contributed by atoms with Crippen LogP contribution in [0.1, 0.15) is 19.3 Å². The fraction of sp³-hybridized carbons (Fsp3) is 0.538. The van der Waals surface area contributed by atoms with Crippen LogP contribution in [0, 0.1) is 0 Å². The van der Waals surface area contributed by atoms with E-state index < -0.39 is 10.0 Å². The number of benzene rings is 1. The summed E-state index contributed by atoms with van der Waals surface area (Å²) in [5.74, 6) is 0. The Hall–Kier alpha value is -1.31. The number of likely N-dealkylation sites (tertiary alicyclic amines) is 1. The molecule has 1 saturated carbocycles. The standard InChI is InChI=1S/C13H20N4O2S/c14-9-1-4-12(13(7-9)20(15,18)19)16-10-5-6-17(8-10)11-2-3-11/h1,4,7,10-11,16H,2-3,5-6,8,14H2,(H2,15,18,19). The molecule has 1 saturated heterocycles. The molecule has 0 aromatic heterocycles. The van der Waals surface area contributed by atoms with E-state index in [0.717, 1.165) is 25.6 Å². The Morgan fingerprint density at radius 3 is 2.65 bits per heavy atom. The quantitative estimate of drug-likeness (QED) is 0.705. The number of nitrogens with zero attached hydrogens (tertiary/aromatic N) is 1. The first-order chi connectivity index (χ1) is 9.43. The van der Waals surface area contributed by atoms with Crippen molar-refractivity contribution in [3.63, 3.8) is 0 Å². The molecule has 0 spiro atoms. The lowest BCUT2D eigenvalue weighted by Crippen LogP contribution is -2.28. The van der Waals surface area contributed by atoms with Crippen LogP contribution >= 0.6 is 0 Å². The molecule has 1 aromatic carbocycles. The minimum Gasteiger partial charge on any atom is -0.399 e. The van der Waals surface area contributed by atoms with E-state index in [1.165, 1.54) is 18.9 Å². The number of rotatable bonds is 4. The lowest BCUT2D eigenvalue weighted by molar-refractivity contribution is 0.326. The molecular formula is C13H20N4O2S. The second-order valence-electron chi connectivity index (χ2n) is 5.66. The number of nitrogens with two attached hydrogens (primary N) is 2. The van der Waals surface area contributed by atoms with Crippen molar-refractivity contribution >= 4 is 21.4 Å². The molecule has 3 rings (SSSR count). The van der Waals surface area contributed by atoms with E-state index >= 15 is 0 Å². The Labute approximate surface area is 119 Å². The van der Waals surface area contributed by atoms with E-state index in [1.54, 1.807) is 12.1 Å². The fourth-order valence-electron chi connectivity index (χ4n) is 2.79. The Morgan fingerprint density at radius 2 is 2.00 bits per heavy atom. The first-order valence-electron chi connectivity index (χ1n) is 6.86. The van der Waals surface area contributed by atoms with Gasteiger partial charge in [0.05, 0.1) is 5.69 Å². The van der Waals surface area contributed by atoms with Gasteiger partial charge < -0.3 is 11.1 Å². The Kier molecular flexibility index (Phi) is 3.35. The molecular weight excluding hydrogens is 276 g/mol. The van der Waals surface area contributed by atoms with Gasteiger partial charge in [-0.25, -0.2) is 13.6 Å². The summed E-state index contributed by atoms with van der Waals surface area (Å²) in [6, 6.07) is 5.79. The van der Waals surface area contributed by atoms with E-state index in [-0.39, 0.29) is 10.9 Å². The summed E-state index contributed by atoms with van der Waals surface area (Å²) in [4.78, 5) is 2.54. The van der Waals surface area contributed by atoms with Crippen LogP contribution in [0.2, 0.25) is 0 Å². The molecule has 0 amide bonds. The molecule has 1 aliphatic heterocycles. The molecule has 1 heterocycles. The van der Waals surface area contributed by atoms with Crippen molar-refractivity contribution in [1.29, 1.82) is 0 Å². The fourth-order valence-corrected chi connectivity index (χ4v) is 3.52. The zero-order valence-corrected chi connectivity index (χ0v) is 12.1. The SMILES string of the molecule is Nc1ccc(NC2CCN(C3CC3)C2)c(S(N)(=O)=O)c1. The number of sulfonamides is 1. The summed E-state index contributed by atoms with van der Waals surface area (Å²) >= 11 is 0. The van der Waals surface area contributed by atoms with Gasteiger partial charge in [-0.15, -0.1) is 0 Å². The molecule has 1 aliphatic carbocycles. The average molecular weight is 296 g/mol. The molecule has 0 bridgehead atoms. The molecule has 0 radical (unpaired) electrons. The van der Waals surface area contributed by atoms with E-state index in [2.05, 4.69) is 10.2 Å². The van der Waals surface area contributed by atoms with Crippen molar-refractivity contribution < 1.29 is 8.42 Å². The predicted molar refractivity (Wildman–Crippen MR) is 78.9 cm³/mol. The van der Waals surface area contributed by atoms with Crippen LogP contribution in [0.15, 0.2) is 23.1 Å². The summed E-state index contributed by atoms with van der Waals surface area (Å²) in [5.41, 5.74) is 6.59. The van der Waals surface area contributed by atoms with Crippen LogP contribution in [-0.2, 0) is 10.0 Å². The van der Waals surface area contributed by atoms with Gasteiger partial charge in [0, 0.05) is 30.9 Å². The van der Waals surface area contributed by atoms with Crippen molar-refractivity contribution in [2.75, 3.05) is 24.1 Å². The van der Waals surface area contributed by atoms with E-state index in [0.29, 0.717) is 11.4 Å². The van der Waals surface area contributed by atoms with Crippen molar-refractivity contribution in [1.82, 2.24) is 4.90 Å². The van der Waals surface area contributed by atoms with Crippen molar-refractivity contribution in [3.8, 4) is 0 Å². The molecule has 1 unspecified atom stereocenters. The number of nitrogen functional groups attached to an aromatic ring is 1.